The summed E-state index contributed by atoms with van der Waals surface area (Å²) in [7, 11) is 0. The summed E-state index contributed by atoms with van der Waals surface area (Å²) in [6.45, 7) is 2.86. The van der Waals surface area contributed by atoms with Gasteiger partial charge in [-0.1, -0.05) is 55.0 Å². The van der Waals surface area contributed by atoms with E-state index in [0.29, 0.717) is 16.5 Å². The van der Waals surface area contributed by atoms with E-state index in [9.17, 15) is 9.59 Å². The number of carbonyl (C=O) groups is 1. The van der Waals surface area contributed by atoms with Crippen molar-refractivity contribution in [3.05, 3.63) is 58.0 Å². The summed E-state index contributed by atoms with van der Waals surface area (Å²) < 4.78 is 1.36. The predicted molar refractivity (Wildman–Crippen MR) is 111 cm³/mol. The normalized spacial score (nSPS) is 16.8. The molecule has 0 radical (unpaired) electrons. The fourth-order valence-electron chi connectivity index (χ4n) is 3.76. The summed E-state index contributed by atoms with van der Waals surface area (Å²) in [5.74, 6) is 0.243. The van der Waals surface area contributed by atoms with Crippen LogP contribution in [0.25, 0.3) is 4.96 Å². The van der Waals surface area contributed by atoms with E-state index in [2.05, 4.69) is 34.0 Å². The van der Waals surface area contributed by atoms with E-state index in [1.54, 1.807) is 6.07 Å². The Morgan fingerprint density at radius 1 is 1.25 bits per heavy atom. The summed E-state index contributed by atoms with van der Waals surface area (Å²) in [6.07, 6.45) is 4.80. The first kappa shape index (κ1) is 18.8. The second kappa shape index (κ2) is 8.22. The molecule has 3 aromatic rings. The van der Waals surface area contributed by atoms with Gasteiger partial charge in [0, 0.05) is 24.7 Å². The van der Waals surface area contributed by atoms with Crippen LogP contribution in [0.2, 0.25) is 0 Å². The van der Waals surface area contributed by atoms with Crippen LogP contribution in [0.3, 0.4) is 0 Å². The van der Waals surface area contributed by atoms with E-state index in [4.69, 9.17) is 0 Å². The highest BCUT2D eigenvalue weighted by atomic mass is 32.1. The van der Waals surface area contributed by atoms with Gasteiger partial charge in [-0.2, -0.15) is 4.52 Å². The number of benzene rings is 1. The van der Waals surface area contributed by atoms with Crippen molar-refractivity contribution < 1.29 is 4.79 Å². The molecule has 0 spiro atoms. The highest BCUT2D eigenvalue weighted by Crippen LogP contribution is 2.30. The standard InChI is InChI=1S/C21H24N4O2S/c1-2-7-16-14-19(27)25-20(22-16)28-21(23-25)24-13-6-10-17(24)18(26)12-11-15-8-4-3-5-9-15/h3-5,8-9,14,17H,2,6-7,10-13H2,1H3/t17-/m1/s1. The minimum absolute atomic E-state index is 0.151. The third kappa shape index (κ3) is 3.85. The van der Waals surface area contributed by atoms with Crippen molar-refractivity contribution in [1.82, 2.24) is 14.6 Å². The summed E-state index contributed by atoms with van der Waals surface area (Å²) in [6, 6.07) is 11.5. The van der Waals surface area contributed by atoms with Crippen molar-refractivity contribution in [1.29, 1.82) is 0 Å². The van der Waals surface area contributed by atoms with Crippen LogP contribution in [-0.2, 0) is 17.6 Å². The van der Waals surface area contributed by atoms with Gasteiger partial charge in [0.15, 0.2) is 5.78 Å². The van der Waals surface area contributed by atoms with E-state index in [-0.39, 0.29) is 17.4 Å². The van der Waals surface area contributed by atoms with Gasteiger partial charge in [-0.25, -0.2) is 4.98 Å². The lowest BCUT2D eigenvalue weighted by atomic mass is 10.0. The Balaban J connectivity index is 1.53. The number of nitrogens with zero attached hydrogens (tertiary/aromatic N) is 4. The number of aryl methyl sites for hydroxylation is 2. The molecule has 0 bridgehead atoms. The molecule has 2 aromatic heterocycles. The Morgan fingerprint density at radius 3 is 2.86 bits per heavy atom. The zero-order valence-corrected chi connectivity index (χ0v) is 16.8. The molecular weight excluding hydrogens is 372 g/mol. The molecule has 146 valence electrons. The van der Waals surface area contributed by atoms with Gasteiger partial charge < -0.3 is 4.90 Å². The van der Waals surface area contributed by atoms with Crippen LogP contribution in [0, 0.1) is 0 Å². The molecule has 0 unspecified atom stereocenters. The van der Waals surface area contributed by atoms with Crippen molar-refractivity contribution in [3.8, 4) is 0 Å². The Labute approximate surface area is 167 Å². The monoisotopic (exact) mass is 396 g/mol. The highest BCUT2D eigenvalue weighted by Gasteiger charge is 2.32. The minimum Gasteiger partial charge on any atom is -0.337 e. The van der Waals surface area contributed by atoms with Crippen LogP contribution in [-0.4, -0.2) is 33.0 Å². The Kier molecular flexibility index (Phi) is 5.52. The van der Waals surface area contributed by atoms with Crippen LogP contribution in [0.5, 0.6) is 0 Å². The molecule has 1 aliphatic heterocycles. The van der Waals surface area contributed by atoms with Gasteiger partial charge in [0.25, 0.3) is 5.56 Å². The lowest BCUT2D eigenvalue weighted by Gasteiger charge is -2.22. The summed E-state index contributed by atoms with van der Waals surface area (Å²) in [5.41, 5.74) is 1.83. The molecule has 0 amide bonds. The van der Waals surface area contributed by atoms with Crippen LogP contribution < -0.4 is 10.5 Å². The van der Waals surface area contributed by atoms with Gasteiger partial charge in [-0.15, -0.1) is 5.10 Å². The smallest absolute Gasteiger partial charge is 0.275 e. The SMILES string of the molecule is CCCc1cc(=O)n2nc(N3CCC[C@@H]3C(=O)CCc3ccccc3)sc2n1. The Hall–Kier alpha value is -2.54. The van der Waals surface area contributed by atoms with Crippen LogP contribution in [0.1, 0.15) is 43.9 Å². The molecule has 0 aliphatic carbocycles. The Bertz CT molecular complexity index is 1030. The number of fused-ring (bicyclic) bond motifs is 1. The molecule has 7 heteroatoms. The quantitative estimate of drug-likeness (QED) is 0.613. The van der Waals surface area contributed by atoms with E-state index >= 15 is 0 Å². The van der Waals surface area contributed by atoms with Gasteiger partial charge in [0.2, 0.25) is 10.1 Å². The minimum atomic E-state index is -0.157. The number of anilines is 1. The first-order valence-electron chi connectivity index (χ1n) is 9.89. The number of carbonyl (C=O) groups excluding carboxylic acids is 1. The maximum Gasteiger partial charge on any atom is 0.275 e. The van der Waals surface area contributed by atoms with E-state index < -0.39 is 0 Å². The fourth-order valence-corrected chi connectivity index (χ4v) is 4.76. The zero-order chi connectivity index (χ0) is 19.5. The second-order valence-electron chi connectivity index (χ2n) is 7.22. The molecule has 1 aromatic carbocycles. The van der Waals surface area contributed by atoms with E-state index in [1.807, 2.05) is 18.2 Å². The topological polar surface area (TPSA) is 67.6 Å². The second-order valence-corrected chi connectivity index (χ2v) is 8.15. The predicted octanol–water partition coefficient (Wildman–Crippen LogP) is 3.27. The number of Topliss-reactive ketones (excluding diaryl/α,β-unsaturated/α-hetero) is 1. The highest BCUT2D eigenvalue weighted by molar-refractivity contribution is 7.20. The molecule has 1 saturated heterocycles. The van der Waals surface area contributed by atoms with Crippen molar-refractivity contribution in [2.45, 2.75) is 51.5 Å². The maximum atomic E-state index is 12.9. The zero-order valence-electron chi connectivity index (χ0n) is 16.0. The van der Waals surface area contributed by atoms with Crippen molar-refractivity contribution >= 4 is 27.2 Å². The molecule has 1 aliphatic rings. The third-order valence-electron chi connectivity index (χ3n) is 5.17. The number of hydrogen-bond acceptors (Lipinski definition) is 6. The summed E-state index contributed by atoms with van der Waals surface area (Å²) in [5, 5.41) is 5.20. The van der Waals surface area contributed by atoms with Gasteiger partial charge in [0.1, 0.15) is 0 Å². The maximum absolute atomic E-state index is 12.9. The molecule has 0 N–H and O–H groups in total. The van der Waals surface area contributed by atoms with Crippen LogP contribution >= 0.6 is 11.3 Å². The van der Waals surface area contributed by atoms with Crippen LogP contribution in [0.15, 0.2) is 41.2 Å². The summed E-state index contributed by atoms with van der Waals surface area (Å²) in [4.78, 5) is 32.5. The first-order chi connectivity index (χ1) is 13.7. The average Bonchev–Trinajstić information content (AvgIpc) is 3.34. The molecule has 4 rings (SSSR count). The van der Waals surface area contributed by atoms with Crippen molar-refractivity contribution in [3.63, 3.8) is 0 Å². The molecule has 1 atom stereocenters. The lowest BCUT2D eigenvalue weighted by molar-refractivity contribution is -0.120. The number of aromatic nitrogens is 3. The molecular formula is C21H24N4O2S. The van der Waals surface area contributed by atoms with Gasteiger partial charge in [0.05, 0.1) is 6.04 Å². The summed E-state index contributed by atoms with van der Waals surface area (Å²) >= 11 is 1.40. The molecule has 6 nitrogen and oxygen atoms in total. The van der Waals surface area contributed by atoms with Crippen molar-refractivity contribution in [2.24, 2.45) is 0 Å². The van der Waals surface area contributed by atoms with Gasteiger partial charge in [-0.3, -0.25) is 9.59 Å². The number of rotatable bonds is 7. The average molecular weight is 397 g/mol. The Morgan fingerprint density at radius 2 is 2.07 bits per heavy atom. The largest absolute Gasteiger partial charge is 0.337 e. The van der Waals surface area contributed by atoms with Gasteiger partial charge in [-0.05, 0) is 31.2 Å². The van der Waals surface area contributed by atoms with E-state index in [1.165, 1.54) is 21.4 Å². The molecule has 0 saturated carbocycles. The van der Waals surface area contributed by atoms with Crippen LogP contribution in [0.4, 0.5) is 5.13 Å². The molecule has 28 heavy (non-hydrogen) atoms. The van der Waals surface area contributed by atoms with Crippen molar-refractivity contribution in [2.75, 3.05) is 11.4 Å². The number of ketones is 1. The third-order valence-corrected chi connectivity index (χ3v) is 6.11. The first-order valence-corrected chi connectivity index (χ1v) is 10.7. The molecule has 1 fully saturated rings. The number of hydrogen-bond donors (Lipinski definition) is 0. The lowest BCUT2D eigenvalue weighted by Crippen LogP contribution is -2.36. The van der Waals surface area contributed by atoms with Gasteiger partial charge >= 0.3 is 0 Å². The fraction of sp³-hybridized carbons (Fsp3) is 0.429. The molecule has 3 heterocycles. The van der Waals surface area contributed by atoms with E-state index in [0.717, 1.165) is 44.3 Å².